The molecule has 1 aliphatic rings. The molecular weight excluding hydrogens is 202 g/mol. The monoisotopic (exact) mass is 229 g/mol. The van der Waals surface area contributed by atoms with Crippen molar-refractivity contribution < 1.29 is 9.84 Å². The van der Waals surface area contributed by atoms with Crippen LogP contribution in [0.3, 0.4) is 0 Å². The smallest absolute Gasteiger partial charge is 0.0664 e. The minimum Gasteiger partial charge on any atom is -0.392 e. The highest BCUT2D eigenvalue weighted by molar-refractivity contribution is 4.74. The minimum atomic E-state index is -0.159. The van der Waals surface area contributed by atoms with Crippen LogP contribution in [-0.2, 0) is 4.74 Å². The van der Waals surface area contributed by atoms with Crippen LogP contribution in [0.4, 0.5) is 0 Å². The topological polar surface area (TPSA) is 32.7 Å². The third kappa shape index (κ3) is 5.28. The molecule has 1 fully saturated rings. The lowest BCUT2D eigenvalue weighted by Crippen LogP contribution is -2.41. The maximum absolute atomic E-state index is 9.58. The van der Waals surface area contributed by atoms with Gasteiger partial charge in [0.25, 0.3) is 0 Å². The maximum atomic E-state index is 9.58. The van der Waals surface area contributed by atoms with Crippen molar-refractivity contribution in [3.05, 3.63) is 0 Å². The summed E-state index contributed by atoms with van der Waals surface area (Å²) in [6, 6.07) is 0. The van der Waals surface area contributed by atoms with E-state index in [9.17, 15) is 5.11 Å². The number of aliphatic hydroxyl groups excluding tert-OH is 1. The molecule has 96 valence electrons. The van der Waals surface area contributed by atoms with E-state index < -0.39 is 0 Å². The summed E-state index contributed by atoms with van der Waals surface area (Å²) in [6.45, 7) is 10.2. The lowest BCUT2D eigenvalue weighted by Gasteiger charge is -2.33. The molecule has 1 rings (SSSR count). The molecule has 0 aromatic heterocycles. The summed E-state index contributed by atoms with van der Waals surface area (Å²) < 4.78 is 5.83. The molecule has 0 aromatic rings. The molecule has 0 amide bonds. The van der Waals surface area contributed by atoms with Gasteiger partial charge in [-0.3, -0.25) is 0 Å². The highest BCUT2D eigenvalue weighted by Gasteiger charge is 2.20. The molecule has 0 spiro atoms. The van der Waals surface area contributed by atoms with E-state index >= 15 is 0 Å². The van der Waals surface area contributed by atoms with Crippen LogP contribution in [0, 0.1) is 5.92 Å². The van der Waals surface area contributed by atoms with Crippen LogP contribution in [-0.4, -0.2) is 48.5 Å². The summed E-state index contributed by atoms with van der Waals surface area (Å²) in [5.41, 5.74) is 0. The third-order valence-corrected chi connectivity index (χ3v) is 3.14. The molecule has 0 saturated carbocycles. The lowest BCUT2D eigenvalue weighted by atomic mass is 10.1. The van der Waals surface area contributed by atoms with Crippen molar-refractivity contribution in [2.75, 3.05) is 26.2 Å². The van der Waals surface area contributed by atoms with Crippen LogP contribution >= 0.6 is 0 Å². The zero-order valence-electron chi connectivity index (χ0n) is 11.0. The Labute approximate surface area is 99.8 Å². The number of hydrogen-bond donors (Lipinski definition) is 1. The molecule has 0 bridgehead atoms. The zero-order valence-corrected chi connectivity index (χ0v) is 11.0. The highest BCUT2D eigenvalue weighted by atomic mass is 16.5. The third-order valence-electron chi connectivity index (χ3n) is 3.14. The van der Waals surface area contributed by atoms with Gasteiger partial charge in [-0.15, -0.1) is 0 Å². The van der Waals surface area contributed by atoms with E-state index in [0.29, 0.717) is 12.0 Å². The number of nitrogens with zero attached hydrogens (tertiary/aromatic N) is 1. The maximum Gasteiger partial charge on any atom is 0.0664 e. The van der Waals surface area contributed by atoms with E-state index in [1.54, 1.807) is 0 Å². The molecule has 1 atom stereocenters. The number of likely N-dealkylation sites (tertiary alicyclic amines) is 1. The van der Waals surface area contributed by atoms with E-state index in [4.69, 9.17) is 4.74 Å². The van der Waals surface area contributed by atoms with Crippen LogP contribution < -0.4 is 0 Å². The van der Waals surface area contributed by atoms with Gasteiger partial charge in [0, 0.05) is 26.2 Å². The van der Waals surface area contributed by atoms with Crippen molar-refractivity contribution in [3.8, 4) is 0 Å². The average molecular weight is 229 g/mol. The summed E-state index contributed by atoms with van der Waals surface area (Å²) >= 11 is 0. The van der Waals surface area contributed by atoms with E-state index in [1.807, 2.05) is 6.92 Å². The van der Waals surface area contributed by atoms with Gasteiger partial charge in [0.05, 0.1) is 12.2 Å². The van der Waals surface area contributed by atoms with Gasteiger partial charge >= 0.3 is 0 Å². The predicted octanol–water partition coefficient (Wildman–Crippen LogP) is 1.89. The fraction of sp³-hybridized carbons (Fsp3) is 1.00. The Morgan fingerprint density at radius 2 is 1.94 bits per heavy atom. The second-order valence-corrected chi connectivity index (χ2v) is 5.29. The van der Waals surface area contributed by atoms with Crippen molar-refractivity contribution >= 4 is 0 Å². The Morgan fingerprint density at radius 3 is 2.44 bits per heavy atom. The number of rotatable bonds is 6. The quantitative estimate of drug-likeness (QED) is 0.755. The second kappa shape index (κ2) is 7.25. The van der Waals surface area contributed by atoms with E-state index in [0.717, 1.165) is 45.5 Å². The van der Waals surface area contributed by atoms with Crippen LogP contribution in [0.15, 0.2) is 0 Å². The van der Waals surface area contributed by atoms with Gasteiger partial charge in [-0.1, -0.05) is 20.8 Å². The number of β-amino-alcohol motifs (C(OH)–C–C–N with tert-alkyl or cyclic N) is 1. The van der Waals surface area contributed by atoms with Gasteiger partial charge in [-0.05, 0) is 25.2 Å². The second-order valence-electron chi connectivity index (χ2n) is 5.29. The molecule has 1 heterocycles. The van der Waals surface area contributed by atoms with E-state index in [1.165, 1.54) is 0 Å². The van der Waals surface area contributed by atoms with Crippen molar-refractivity contribution in [1.82, 2.24) is 4.90 Å². The molecule has 1 unspecified atom stereocenters. The number of piperidine rings is 1. The molecular formula is C13H27NO2. The molecule has 1 saturated heterocycles. The molecule has 16 heavy (non-hydrogen) atoms. The van der Waals surface area contributed by atoms with E-state index in [-0.39, 0.29) is 6.10 Å². The van der Waals surface area contributed by atoms with Crippen LogP contribution in [0.5, 0.6) is 0 Å². The molecule has 0 aromatic carbocycles. The number of ether oxygens (including phenoxy) is 1. The Kier molecular flexibility index (Phi) is 6.32. The van der Waals surface area contributed by atoms with Crippen molar-refractivity contribution in [2.24, 2.45) is 5.92 Å². The first-order chi connectivity index (χ1) is 7.61. The summed E-state index contributed by atoms with van der Waals surface area (Å²) in [7, 11) is 0. The average Bonchev–Trinajstić information content (AvgIpc) is 2.28. The van der Waals surface area contributed by atoms with Crippen molar-refractivity contribution in [1.29, 1.82) is 0 Å². The van der Waals surface area contributed by atoms with Gasteiger partial charge in [-0.2, -0.15) is 0 Å². The van der Waals surface area contributed by atoms with Gasteiger partial charge in [0.2, 0.25) is 0 Å². The summed E-state index contributed by atoms with van der Waals surface area (Å²) in [6.07, 6.45) is 3.36. The molecule has 3 heteroatoms. The van der Waals surface area contributed by atoms with Crippen molar-refractivity contribution in [3.63, 3.8) is 0 Å². The summed E-state index contributed by atoms with van der Waals surface area (Å²) in [5, 5.41) is 9.58. The van der Waals surface area contributed by atoms with Gasteiger partial charge in [0.15, 0.2) is 0 Å². The predicted molar refractivity (Wildman–Crippen MR) is 66.5 cm³/mol. The van der Waals surface area contributed by atoms with Gasteiger partial charge in [0.1, 0.15) is 0 Å². The van der Waals surface area contributed by atoms with E-state index in [2.05, 4.69) is 18.7 Å². The molecule has 3 nitrogen and oxygen atoms in total. The Hall–Kier alpha value is -0.120. The fourth-order valence-electron chi connectivity index (χ4n) is 2.01. The first kappa shape index (κ1) is 13.9. The highest BCUT2D eigenvalue weighted by Crippen LogP contribution is 2.15. The Morgan fingerprint density at radius 1 is 1.31 bits per heavy atom. The molecule has 0 radical (unpaired) electrons. The Balaban J connectivity index is 2.13. The summed E-state index contributed by atoms with van der Waals surface area (Å²) in [4.78, 5) is 2.35. The number of aliphatic hydroxyl groups is 1. The summed E-state index contributed by atoms with van der Waals surface area (Å²) in [5.74, 6) is 0.625. The minimum absolute atomic E-state index is 0.159. The van der Waals surface area contributed by atoms with Crippen LogP contribution in [0.2, 0.25) is 0 Å². The lowest BCUT2D eigenvalue weighted by molar-refractivity contribution is -0.0123. The standard InChI is InChI=1S/C13H27NO2/c1-4-12(15)9-14-7-5-13(6-8-14)16-10-11(2)3/h11-13,15H,4-10H2,1-3H3. The molecule has 1 aliphatic heterocycles. The normalized spacial score (nSPS) is 21.6. The van der Waals surface area contributed by atoms with Gasteiger partial charge < -0.3 is 14.7 Å². The fourth-order valence-corrected chi connectivity index (χ4v) is 2.01. The first-order valence-electron chi connectivity index (χ1n) is 6.63. The number of hydrogen-bond acceptors (Lipinski definition) is 3. The largest absolute Gasteiger partial charge is 0.392 e. The van der Waals surface area contributed by atoms with Crippen LogP contribution in [0.1, 0.15) is 40.0 Å². The molecule has 1 N–H and O–H groups in total. The van der Waals surface area contributed by atoms with Gasteiger partial charge in [-0.25, -0.2) is 0 Å². The zero-order chi connectivity index (χ0) is 12.0. The SMILES string of the molecule is CCC(O)CN1CCC(OCC(C)C)CC1. The van der Waals surface area contributed by atoms with Crippen molar-refractivity contribution in [2.45, 2.75) is 52.2 Å². The first-order valence-corrected chi connectivity index (χ1v) is 6.63. The molecule has 0 aliphatic carbocycles. The Bertz CT molecular complexity index is 177. The van der Waals surface area contributed by atoms with Crippen LogP contribution in [0.25, 0.3) is 0 Å².